The first-order chi connectivity index (χ1) is 9.20. The summed E-state index contributed by atoms with van der Waals surface area (Å²) in [7, 11) is 0. The molecular weight excluding hydrogens is 268 g/mol. The van der Waals surface area contributed by atoms with E-state index < -0.39 is 11.6 Å². The van der Waals surface area contributed by atoms with E-state index in [1.54, 1.807) is 0 Å². The predicted molar refractivity (Wildman–Crippen MR) is 73.4 cm³/mol. The van der Waals surface area contributed by atoms with Crippen LogP contribution in [0.4, 0.5) is 8.78 Å². The molecule has 106 valence electrons. The minimum Gasteiger partial charge on any atom is -0.381 e. The van der Waals surface area contributed by atoms with E-state index >= 15 is 0 Å². The molecule has 0 spiro atoms. The maximum atomic E-state index is 14.0. The van der Waals surface area contributed by atoms with Gasteiger partial charge >= 0.3 is 0 Å². The van der Waals surface area contributed by atoms with Crippen LogP contribution in [0.25, 0.3) is 0 Å². The molecule has 1 heterocycles. The second kappa shape index (κ2) is 7.22. The van der Waals surface area contributed by atoms with Gasteiger partial charge in [0.2, 0.25) is 0 Å². The van der Waals surface area contributed by atoms with Gasteiger partial charge < -0.3 is 10.1 Å². The smallest absolute Gasteiger partial charge is 0.140 e. The van der Waals surface area contributed by atoms with E-state index in [2.05, 4.69) is 5.32 Å². The molecule has 0 aliphatic carbocycles. The van der Waals surface area contributed by atoms with E-state index in [0.29, 0.717) is 25.3 Å². The SMILES string of the molecule is CCNCc1cc(F)c(SC2CCOCC2)c(F)c1. The van der Waals surface area contributed by atoms with Crippen molar-refractivity contribution >= 4 is 11.8 Å². The van der Waals surface area contributed by atoms with Gasteiger partial charge in [-0.1, -0.05) is 6.92 Å². The Morgan fingerprint density at radius 2 is 1.89 bits per heavy atom. The maximum Gasteiger partial charge on any atom is 0.140 e. The summed E-state index contributed by atoms with van der Waals surface area (Å²) in [5.41, 5.74) is 0.646. The normalized spacial score (nSPS) is 16.8. The molecule has 1 aromatic rings. The van der Waals surface area contributed by atoms with Gasteiger partial charge in [0.15, 0.2) is 0 Å². The molecule has 2 rings (SSSR count). The monoisotopic (exact) mass is 287 g/mol. The third kappa shape index (κ3) is 4.16. The van der Waals surface area contributed by atoms with E-state index in [1.165, 1.54) is 23.9 Å². The number of halogens is 2. The van der Waals surface area contributed by atoms with Crippen molar-refractivity contribution in [2.75, 3.05) is 19.8 Å². The average Bonchev–Trinajstić information content (AvgIpc) is 2.42. The fraction of sp³-hybridized carbons (Fsp3) is 0.571. The Bertz CT molecular complexity index is 399. The molecule has 0 bridgehead atoms. The number of thioether (sulfide) groups is 1. The topological polar surface area (TPSA) is 21.3 Å². The summed E-state index contributed by atoms with van der Waals surface area (Å²) in [6, 6.07) is 2.85. The van der Waals surface area contributed by atoms with Crippen molar-refractivity contribution in [2.45, 2.75) is 36.5 Å². The van der Waals surface area contributed by atoms with Crippen LogP contribution in [0.2, 0.25) is 0 Å². The number of hydrogen-bond acceptors (Lipinski definition) is 3. The van der Waals surface area contributed by atoms with Crippen LogP contribution in [0.3, 0.4) is 0 Å². The summed E-state index contributed by atoms with van der Waals surface area (Å²) in [5.74, 6) is -0.909. The highest BCUT2D eigenvalue weighted by Gasteiger charge is 2.20. The summed E-state index contributed by atoms with van der Waals surface area (Å²) in [6.07, 6.45) is 1.70. The molecule has 0 aromatic heterocycles. The first kappa shape index (κ1) is 14.8. The molecule has 1 fully saturated rings. The fourth-order valence-corrected chi connectivity index (χ4v) is 3.16. The van der Waals surface area contributed by atoms with Crippen LogP contribution < -0.4 is 5.32 Å². The molecule has 2 nitrogen and oxygen atoms in total. The second-order valence-corrected chi connectivity index (χ2v) is 5.91. The van der Waals surface area contributed by atoms with E-state index in [4.69, 9.17) is 4.74 Å². The van der Waals surface area contributed by atoms with Gasteiger partial charge in [-0.2, -0.15) is 0 Å². The molecule has 19 heavy (non-hydrogen) atoms. The van der Waals surface area contributed by atoms with Crippen LogP contribution in [-0.2, 0) is 11.3 Å². The van der Waals surface area contributed by atoms with Crippen LogP contribution in [0, 0.1) is 11.6 Å². The van der Waals surface area contributed by atoms with Gasteiger partial charge in [0, 0.05) is 25.0 Å². The van der Waals surface area contributed by atoms with E-state index in [1.807, 2.05) is 6.92 Å². The second-order valence-electron chi connectivity index (χ2n) is 4.60. The lowest BCUT2D eigenvalue weighted by molar-refractivity contribution is 0.1000. The number of benzene rings is 1. The summed E-state index contributed by atoms with van der Waals surface area (Å²) in [5, 5.41) is 3.31. The van der Waals surface area contributed by atoms with Crippen molar-refractivity contribution in [3.8, 4) is 0 Å². The molecule has 1 aliphatic rings. The van der Waals surface area contributed by atoms with Gasteiger partial charge in [-0.3, -0.25) is 0 Å². The molecule has 1 aliphatic heterocycles. The Balaban J connectivity index is 2.07. The lowest BCUT2D eigenvalue weighted by atomic mass is 10.2. The summed E-state index contributed by atoms with van der Waals surface area (Å²) in [4.78, 5) is 0.146. The van der Waals surface area contributed by atoms with Gasteiger partial charge in [-0.15, -0.1) is 11.8 Å². The average molecular weight is 287 g/mol. The van der Waals surface area contributed by atoms with Gasteiger partial charge in [0.1, 0.15) is 11.6 Å². The van der Waals surface area contributed by atoms with Gasteiger partial charge in [-0.25, -0.2) is 8.78 Å². The zero-order chi connectivity index (χ0) is 13.7. The van der Waals surface area contributed by atoms with Crippen LogP contribution in [0.1, 0.15) is 25.3 Å². The number of rotatable bonds is 5. The molecule has 1 saturated heterocycles. The van der Waals surface area contributed by atoms with Gasteiger partial charge in [-0.05, 0) is 37.1 Å². The molecule has 0 unspecified atom stereocenters. The molecule has 1 N–H and O–H groups in total. The van der Waals surface area contributed by atoms with E-state index in [0.717, 1.165) is 19.4 Å². The van der Waals surface area contributed by atoms with Crippen molar-refractivity contribution in [1.29, 1.82) is 0 Å². The molecule has 0 saturated carbocycles. The Labute approximate surface area is 116 Å². The van der Waals surface area contributed by atoms with Crippen LogP contribution in [-0.4, -0.2) is 25.0 Å². The zero-order valence-electron chi connectivity index (χ0n) is 11.0. The lowest BCUT2D eigenvalue weighted by Crippen LogP contribution is -2.18. The first-order valence-corrected chi connectivity index (χ1v) is 7.51. The third-order valence-electron chi connectivity index (χ3n) is 3.09. The van der Waals surface area contributed by atoms with Crippen molar-refractivity contribution in [3.05, 3.63) is 29.3 Å². The summed E-state index contributed by atoms with van der Waals surface area (Å²) >= 11 is 1.30. The highest BCUT2D eigenvalue weighted by Crippen LogP contribution is 2.33. The number of hydrogen-bond donors (Lipinski definition) is 1. The molecule has 0 radical (unpaired) electrons. The molecule has 0 atom stereocenters. The van der Waals surface area contributed by atoms with Crippen LogP contribution >= 0.6 is 11.8 Å². The highest BCUT2D eigenvalue weighted by molar-refractivity contribution is 8.00. The summed E-state index contributed by atoms with van der Waals surface area (Å²) in [6.45, 7) is 4.59. The summed E-state index contributed by atoms with van der Waals surface area (Å²) < 4.78 is 33.2. The minimum atomic E-state index is -0.454. The Morgan fingerprint density at radius 1 is 1.26 bits per heavy atom. The van der Waals surface area contributed by atoms with E-state index in [9.17, 15) is 8.78 Å². The standard InChI is InChI=1S/C14H19F2NOS/c1-2-17-9-10-7-12(15)14(13(16)8-10)19-11-3-5-18-6-4-11/h7-8,11,17H,2-6,9H2,1H3. The first-order valence-electron chi connectivity index (χ1n) is 6.63. The molecular formula is C14H19F2NOS. The van der Waals surface area contributed by atoms with Gasteiger partial charge in [0.25, 0.3) is 0 Å². The highest BCUT2D eigenvalue weighted by atomic mass is 32.2. The van der Waals surface area contributed by atoms with Crippen LogP contribution in [0.15, 0.2) is 17.0 Å². The van der Waals surface area contributed by atoms with Crippen molar-refractivity contribution < 1.29 is 13.5 Å². The van der Waals surface area contributed by atoms with Crippen molar-refractivity contribution in [2.24, 2.45) is 0 Å². The largest absolute Gasteiger partial charge is 0.381 e. The lowest BCUT2D eigenvalue weighted by Gasteiger charge is -2.22. The Morgan fingerprint density at radius 3 is 2.47 bits per heavy atom. The zero-order valence-corrected chi connectivity index (χ0v) is 11.9. The third-order valence-corrected chi connectivity index (χ3v) is 4.52. The van der Waals surface area contributed by atoms with Crippen molar-refractivity contribution in [3.63, 3.8) is 0 Å². The number of nitrogens with one attached hydrogen (secondary N) is 1. The molecule has 1 aromatic carbocycles. The van der Waals surface area contributed by atoms with Crippen molar-refractivity contribution in [1.82, 2.24) is 5.32 Å². The quantitative estimate of drug-likeness (QED) is 0.897. The molecule has 5 heteroatoms. The van der Waals surface area contributed by atoms with Crippen LogP contribution in [0.5, 0.6) is 0 Å². The Kier molecular flexibility index (Phi) is 5.60. The predicted octanol–water partition coefficient (Wildman–Crippen LogP) is 3.35. The Hall–Kier alpha value is -0.650. The fourth-order valence-electron chi connectivity index (χ4n) is 2.06. The number of ether oxygens (including phenoxy) is 1. The molecule has 0 amide bonds. The minimum absolute atomic E-state index is 0.146. The maximum absolute atomic E-state index is 14.0. The van der Waals surface area contributed by atoms with Gasteiger partial charge in [0.05, 0.1) is 4.90 Å². The van der Waals surface area contributed by atoms with E-state index in [-0.39, 0.29) is 10.1 Å².